The molecular formula is C10H19NO2. The zero-order valence-electron chi connectivity index (χ0n) is 8.13. The second kappa shape index (κ2) is 4.94. The number of hydrogen-bond donors (Lipinski definition) is 1. The Morgan fingerprint density at radius 3 is 2.54 bits per heavy atom. The highest BCUT2D eigenvalue weighted by Crippen LogP contribution is 2.28. The quantitative estimate of drug-likeness (QED) is 0.514. The van der Waals surface area contributed by atoms with Crippen molar-refractivity contribution in [2.24, 2.45) is 5.92 Å². The first-order valence-electron chi connectivity index (χ1n) is 5.35. The predicted octanol–water partition coefficient (Wildman–Crippen LogP) is 1.14. The van der Waals surface area contributed by atoms with E-state index in [1.54, 1.807) is 0 Å². The Hall–Kier alpha value is -0.120. The van der Waals surface area contributed by atoms with E-state index in [0.717, 1.165) is 38.5 Å². The van der Waals surface area contributed by atoms with Crippen LogP contribution in [0.3, 0.4) is 0 Å². The first kappa shape index (κ1) is 9.44. The van der Waals surface area contributed by atoms with Gasteiger partial charge in [-0.1, -0.05) is 0 Å². The van der Waals surface area contributed by atoms with Gasteiger partial charge in [-0.2, -0.15) is 0 Å². The fourth-order valence-corrected chi connectivity index (χ4v) is 1.61. The topological polar surface area (TPSA) is 30.5 Å². The van der Waals surface area contributed by atoms with E-state index >= 15 is 0 Å². The molecule has 3 nitrogen and oxygen atoms in total. The van der Waals surface area contributed by atoms with Gasteiger partial charge in [-0.25, -0.2) is 0 Å². The van der Waals surface area contributed by atoms with Crippen LogP contribution >= 0.6 is 0 Å². The third-order valence-corrected chi connectivity index (χ3v) is 2.72. The smallest absolute Gasteiger partial charge is 0.147 e. The SMILES string of the molecule is C1CC(OCOCC2CC2)CCN1. The van der Waals surface area contributed by atoms with Gasteiger partial charge in [0.1, 0.15) is 6.79 Å². The standard InChI is InChI=1S/C10H19NO2/c1-2-9(1)7-12-8-13-10-3-5-11-6-4-10/h9-11H,1-8H2. The van der Waals surface area contributed by atoms with Crippen LogP contribution < -0.4 is 5.32 Å². The van der Waals surface area contributed by atoms with Crippen molar-refractivity contribution in [3.63, 3.8) is 0 Å². The highest BCUT2D eigenvalue weighted by Gasteiger charge is 2.21. The molecule has 2 aliphatic rings. The molecule has 1 heterocycles. The molecule has 0 aromatic carbocycles. The molecular weight excluding hydrogens is 166 g/mol. The molecule has 2 fully saturated rings. The number of piperidine rings is 1. The van der Waals surface area contributed by atoms with E-state index in [-0.39, 0.29) is 0 Å². The van der Waals surface area contributed by atoms with E-state index in [1.807, 2.05) is 0 Å². The van der Waals surface area contributed by atoms with E-state index in [0.29, 0.717) is 12.9 Å². The van der Waals surface area contributed by atoms with Gasteiger partial charge in [0, 0.05) is 0 Å². The molecule has 0 spiro atoms. The summed E-state index contributed by atoms with van der Waals surface area (Å²) in [5.74, 6) is 0.844. The molecule has 0 aromatic heterocycles. The van der Waals surface area contributed by atoms with Gasteiger partial charge >= 0.3 is 0 Å². The van der Waals surface area contributed by atoms with Crippen LogP contribution in [0.1, 0.15) is 25.7 Å². The maximum Gasteiger partial charge on any atom is 0.147 e. The maximum absolute atomic E-state index is 5.60. The van der Waals surface area contributed by atoms with Crippen molar-refractivity contribution in [3.05, 3.63) is 0 Å². The van der Waals surface area contributed by atoms with Crippen LogP contribution in [0.4, 0.5) is 0 Å². The van der Waals surface area contributed by atoms with Crippen LogP contribution in [0.15, 0.2) is 0 Å². The van der Waals surface area contributed by atoms with Gasteiger partial charge in [0.25, 0.3) is 0 Å². The average Bonchev–Trinajstić information content (AvgIpc) is 2.98. The van der Waals surface area contributed by atoms with E-state index in [2.05, 4.69) is 5.32 Å². The largest absolute Gasteiger partial charge is 0.355 e. The Labute approximate surface area is 79.8 Å². The van der Waals surface area contributed by atoms with Crippen molar-refractivity contribution in [1.82, 2.24) is 5.32 Å². The molecule has 0 radical (unpaired) electrons. The molecule has 0 bridgehead atoms. The third kappa shape index (κ3) is 3.63. The van der Waals surface area contributed by atoms with Crippen LogP contribution in [0.2, 0.25) is 0 Å². The summed E-state index contributed by atoms with van der Waals surface area (Å²) in [4.78, 5) is 0. The predicted molar refractivity (Wildman–Crippen MR) is 50.5 cm³/mol. The molecule has 1 aliphatic carbocycles. The van der Waals surface area contributed by atoms with Crippen molar-refractivity contribution in [1.29, 1.82) is 0 Å². The highest BCUT2D eigenvalue weighted by molar-refractivity contribution is 4.71. The molecule has 1 saturated carbocycles. The normalized spacial score (nSPS) is 24.9. The summed E-state index contributed by atoms with van der Waals surface area (Å²) in [6.45, 7) is 3.59. The highest BCUT2D eigenvalue weighted by atomic mass is 16.7. The van der Waals surface area contributed by atoms with Crippen LogP contribution in [0.25, 0.3) is 0 Å². The summed E-state index contributed by atoms with van der Waals surface area (Å²) in [6, 6.07) is 0. The fourth-order valence-electron chi connectivity index (χ4n) is 1.61. The van der Waals surface area contributed by atoms with Crippen LogP contribution in [0, 0.1) is 5.92 Å². The van der Waals surface area contributed by atoms with Gasteiger partial charge in [-0.05, 0) is 44.7 Å². The van der Waals surface area contributed by atoms with Crippen LogP contribution in [-0.2, 0) is 9.47 Å². The molecule has 0 atom stereocenters. The van der Waals surface area contributed by atoms with Crippen molar-refractivity contribution in [2.45, 2.75) is 31.8 Å². The summed E-state index contributed by atoms with van der Waals surface area (Å²) in [5, 5.41) is 3.31. The second-order valence-electron chi connectivity index (χ2n) is 4.05. The minimum atomic E-state index is 0.431. The van der Waals surface area contributed by atoms with Gasteiger partial charge < -0.3 is 14.8 Å². The lowest BCUT2D eigenvalue weighted by atomic mass is 10.1. The third-order valence-electron chi connectivity index (χ3n) is 2.72. The van der Waals surface area contributed by atoms with Crippen molar-refractivity contribution < 1.29 is 9.47 Å². The summed E-state index contributed by atoms with van der Waals surface area (Å²) >= 11 is 0. The first-order chi connectivity index (χ1) is 6.45. The van der Waals surface area contributed by atoms with Crippen LogP contribution in [-0.4, -0.2) is 32.6 Å². The van der Waals surface area contributed by atoms with Crippen molar-refractivity contribution >= 4 is 0 Å². The van der Waals surface area contributed by atoms with Crippen LogP contribution in [0.5, 0.6) is 0 Å². The van der Waals surface area contributed by atoms with E-state index in [4.69, 9.17) is 9.47 Å². The maximum atomic E-state index is 5.60. The molecule has 0 amide bonds. The Morgan fingerprint density at radius 1 is 1.08 bits per heavy atom. The Balaban J connectivity index is 1.46. The lowest BCUT2D eigenvalue weighted by Crippen LogP contribution is -2.32. The Morgan fingerprint density at radius 2 is 1.85 bits per heavy atom. The Kier molecular flexibility index (Phi) is 3.58. The molecule has 2 rings (SSSR count). The van der Waals surface area contributed by atoms with Crippen molar-refractivity contribution in [2.75, 3.05) is 26.5 Å². The number of ether oxygens (including phenoxy) is 2. The number of rotatable bonds is 5. The molecule has 1 saturated heterocycles. The van der Waals surface area contributed by atoms with Crippen molar-refractivity contribution in [3.8, 4) is 0 Å². The van der Waals surface area contributed by atoms with E-state index in [9.17, 15) is 0 Å². The summed E-state index contributed by atoms with van der Waals surface area (Å²) in [7, 11) is 0. The van der Waals surface area contributed by atoms with Gasteiger partial charge in [-0.15, -0.1) is 0 Å². The lowest BCUT2D eigenvalue weighted by Gasteiger charge is -2.22. The average molecular weight is 185 g/mol. The second-order valence-corrected chi connectivity index (χ2v) is 4.05. The zero-order valence-corrected chi connectivity index (χ0v) is 8.13. The van der Waals surface area contributed by atoms with Gasteiger partial charge in [-0.3, -0.25) is 0 Å². The lowest BCUT2D eigenvalue weighted by molar-refractivity contribution is -0.0987. The van der Waals surface area contributed by atoms with Gasteiger partial charge in [0.15, 0.2) is 0 Å². The Bertz CT molecular complexity index is 142. The molecule has 0 aromatic rings. The molecule has 1 N–H and O–H groups in total. The van der Waals surface area contributed by atoms with E-state index in [1.165, 1.54) is 12.8 Å². The molecule has 1 aliphatic heterocycles. The van der Waals surface area contributed by atoms with Gasteiger partial charge in [0.2, 0.25) is 0 Å². The fraction of sp³-hybridized carbons (Fsp3) is 1.00. The molecule has 76 valence electrons. The van der Waals surface area contributed by atoms with E-state index < -0.39 is 0 Å². The summed E-state index contributed by atoms with van der Waals surface area (Å²) < 4.78 is 11.0. The monoisotopic (exact) mass is 185 g/mol. The minimum absolute atomic E-state index is 0.431. The number of hydrogen-bond acceptors (Lipinski definition) is 3. The first-order valence-corrected chi connectivity index (χ1v) is 5.35. The summed E-state index contributed by atoms with van der Waals surface area (Å²) in [6.07, 6.45) is 5.40. The molecule has 0 unspecified atom stereocenters. The zero-order chi connectivity index (χ0) is 8.93. The molecule has 13 heavy (non-hydrogen) atoms. The minimum Gasteiger partial charge on any atom is -0.355 e. The summed E-state index contributed by atoms with van der Waals surface area (Å²) in [5.41, 5.74) is 0. The number of nitrogens with one attached hydrogen (secondary N) is 1. The molecule has 3 heteroatoms. The van der Waals surface area contributed by atoms with Gasteiger partial charge in [0.05, 0.1) is 12.7 Å².